The lowest BCUT2D eigenvalue weighted by Gasteiger charge is -2.21. The van der Waals surface area contributed by atoms with E-state index in [9.17, 15) is 9.59 Å². The Labute approximate surface area is 96.4 Å². The normalized spacial score (nSPS) is 12.2. The largest absolute Gasteiger partial charge is 0.481 e. The molecule has 1 unspecified atom stereocenters. The molecule has 0 aromatic heterocycles. The zero-order valence-electron chi connectivity index (χ0n) is 10.2. The van der Waals surface area contributed by atoms with E-state index in [0.717, 1.165) is 0 Å². The number of methoxy groups -OCH3 is 1. The van der Waals surface area contributed by atoms with E-state index in [1.165, 1.54) is 0 Å². The number of ether oxygens (including phenoxy) is 1. The molecule has 0 aliphatic carbocycles. The fourth-order valence-electron chi connectivity index (χ4n) is 1.46. The van der Waals surface area contributed by atoms with Crippen molar-refractivity contribution in [2.24, 2.45) is 5.92 Å². The van der Waals surface area contributed by atoms with Gasteiger partial charge in [0.15, 0.2) is 0 Å². The highest BCUT2D eigenvalue weighted by Gasteiger charge is 2.16. The first-order valence-electron chi connectivity index (χ1n) is 5.49. The van der Waals surface area contributed by atoms with Crippen molar-refractivity contribution < 1.29 is 19.4 Å². The van der Waals surface area contributed by atoms with Gasteiger partial charge >= 0.3 is 5.97 Å². The summed E-state index contributed by atoms with van der Waals surface area (Å²) in [6.07, 6.45) is 0.317. The maximum atomic E-state index is 11.7. The number of hydrogen-bond donors (Lipinski definition) is 1. The maximum absolute atomic E-state index is 11.7. The number of hydrogen-bond acceptors (Lipinski definition) is 3. The molecule has 16 heavy (non-hydrogen) atoms. The van der Waals surface area contributed by atoms with Gasteiger partial charge in [-0.15, -0.1) is 0 Å². The number of nitrogens with zero attached hydrogens (tertiary/aromatic N) is 1. The summed E-state index contributed by atoms with van der Waals surface area (Å²) in [5.41, 5.74) is 0. The molecule has 5 nitrogen and oxygen atoms in total. The Bertz CT molecular complexity index is 230. The number of rotatable bonds is 8. The molecule has 0 fully saturated rings. The molecule has 0 spiro atoms. The third kappa shape index (κ3) is 6.40. The Morgan fingerprint density at radius 3 is 2.44 bits per heavy atom. The number of amides is 1. The zero-order valence-corrected chi connectivity index (χ0v) is 10.2. The van der Waals surface area contributed by atoms with Crippen molar-refractivity contribution in [1.82, 2.24) is 4.90 Å². The minimum atomic E-state index is -0.861. The van der Waals surface area contributed by atoms with E-state index in [4.69, 9.17) is 9.84 Å². The van der Waals surface area contributed by atoms with Crippen molar-refractivity contribution in [1.29, 1.82) is 0 Å². The third-order valence-corrected chi connectivity index (χ3v) is 2.35. The number of carboxylic acids is 1. The first-order chi connectivity index (χ1) is 7.51. The lowest BCUT2D eigenvalue weighted by atomic mass is 10.0. The van der Waals surface area contributed by atoms with Crippen LogP contribution >= 0.6 is 0 Å². The van der Waals surface area contributed by atoms with Crippen LogP contribution in [0.1, 0.15) is 26.7 Å². The second kappa shape index (κ2) is 8.10. The summed E-state index contributed by atoms with van der Waals surface area (Å²) in [7, 11) is 1.59. The molecule has 1 N–H and O–H groups in total. The van der Waals surface area contributed by atoms with Crippen LogP contribution < -0.4 is 0 Å². The molecule has 0 aromatic carbocycles. The minimum absolute atomic E-state index is 0.00620. The van der Waals surface area contributed by atoms with Crippen LogP contribution in [0.15, 0.2) is 0 Å². The molecule has 94 valence electrons. The maximum Gasteiger partial charge on any atom is 0.303 e. The Morgan fingerprint density at radius 2 is 2.00 bits per heavy atom. The quantitative estimate of drug-likeness (QED) is 0.676. The van der Waals surface area contributed by atoms with Crippen molar-refractivity contribution >= 4 is 11.9 Å². The second-order valence-corrected chi connectivity index (χ2v) is 3.87. The molecule has 0 rings (SSSR count). The van der Waals surface area contributed by atoms with E-state index in [2.05, 4.69) is 0 Å². The highest BCUT2D eigenvalue weighted by atomic mass is 16.5. The minimum Gasteiger partial charge on any atom is -0.481 e. The number of carboxylic acid groups (broad SMARTS) is 1. The van der Waals surface area contributed by atoms with E-state index >= 15 is 0 Å². The van der Waals surface area contributed by atoms with Crippen molar-refractivity contribution in [2.45, 2.75) is 26.7 Å². The standard InChI is InChI=1S/C11H21NO4/c1-4-12(5-6-16-3)10(13)7-9(2)8-11(14)15/h9H,4-8H2,1-3H3,(H,14,15). The Morgan fingerprint density at radius 1 is 1.38 bits per heavy atom. The molecule has 5 heteroatoms. The molecule has 0 saturated carbocycles. The van der Waals surface area contributed by atoms with Gasteiger partial charge in [-0.2, -0.15) is 0 Å². The van der Waals surface area contributed by atoms with Crippen LogP contribution in [0.25, 0.3) is 0 Å². The van der Waals surface area contributed by atoms with E-state index in [1.807, 2.05) is 6.92 Å². The van der Waals surface area contributed by atoms with Crippen LogP contribution in [0.3, 0.4) is 0 Å². The van der Waals surface area contributed by atoms with Gasteiger partial charge < -0.3 is 14.7 Å². The number of carbonyl (C=O) groups is 2. The van der Waals surface area contributed by atoms with Crippen molar-refractivity contribution in [3.8, 4) is 0 Å². The van der Waals surface area contributed by atoms with Gasteiger partial charge in [0.25, 0.3) is 0 Å². The molecule has 0 bridgehead atoms. The first-order valence-corrected chi connectivity index (χ1v) is 5.49. The molecular weight excluding hydrogens is 210 g/mol. The zero-order chi connectivity index (χ0) is 12.6. The monoisotopic (exact) mass is 231 g/mol. The van der Waals surface area contributed by atoms with Gasteiger partial charge in [0.2, 0.25) is 5.91 Å². The smallest absolute Gasteiger partial charge is 0.303 e. The van der Waals surface area contributed by atoms with Crippen molar-refractivity contribution in [3.05, 3.63) is 0 Å². The second-order valence-electron chi connectivity index (χ2n) is 3.87. The fraction of sp³-hybridized carbons (Fsp3) is 0.818. The third-order valence-electron chi connectivity index (χ3n) is 2.35. The fourth-order valence-corrected chi connectivity index (χ4v) is 1.46. The van der Waals surface area contributed by atoms with Gasteiger partial charge in [-0.1, -0.05) is 6.92 Å². The summed E-state index contributed by atoms with van der Waals surface area (Å²) < 4.78 is 4.91. The van der Waals surface area contributed by atoms with Gasteiger partial charge in [0.05, 0.1) is 6.61 Å². The Balaban J connectivity index is 4.04. The van der Waals surface area contributed by atoms with Crippen LogP contribution in [0, 0.1) is 5.92 Å². The van der Waals surface area contributed by atoms with Crippen LogP contribution in [-0.2, 0) is 14.3 Å². The topological polar surface area (TPSA) is 66.8 Å². The van der Waals surface area contributed by atoms with Crippen LogP contribution in [0.2, 0.25) is 0 Å². The summed E-state index contributed by atoms with van der Waals surface area (Å²) in [6.45, 7) is 5.37. The van der Waals surface area contributed by atoms with E-state index in [1.54, 1.807) is 18.9 Å². The van der Waals surface area contributed by atoms with Crippen LogP contribution in [0.4, 0.5) is 0 Å². The van der Waals surface area contributed by atoms with Crippen molar-refractivity contribution in [3.63, 3.8) is 0 Å². The first kappa shape index (κ1) is 14.9. The van der Waals surface area contributed by atoms with Crippen LogP contribution in [-0.4, -0.2) is 48.7 Å². The summed E-state index contributed by atoms with van der Waals surface area (Å²) >= 11 is 0. The summed E-state index contributed by atoms with van der Waals surface area (Å²) in [5, 5.41) is 8.59. The average Bonchev–Trinajstić information content (AvgIpc) is 2.17. The van der Waals surface area contributed by atoms with Crippen molar-refractivity contribution in [2.75, 3.05) is 26.8 Å². The van der Waals surface area contributed by atoms with E-state index in [0.29, 0.717) is 19.7 Å². The number of likely N-dealkylation sites (N-methyl/N-ethyl adjacent to an activating group) is 1. The molecular formula is C11H21NO4. The predicted molar refractivity (Wildman–Crippen MR) is 60.2 cm³/mol. The summed E-state index contributed by atoms with van der Waals surface area (Å²) in [4.78, 5) is 23.9. The van der Waals surface area contributed by atoms with Crippen LogP contribution in [0.5, 0.6) is 0 Å². The van der Waals surface area contributed by atoms with E-state index in [-0.39, 0.29) is 24.7 Å². The van der Waals surface area contributed by atoms with E-state index < -0.39 is 5.97 Å². The van der Waals surface area contributed by atoms with Gasteiger partial charge in [0.1, 0.15) is 0 Å². The molecule has 0 aliphatic rings. The lowest BCUT2D eigenvalue weighted by Crippen LogP contribution is -2.34. The highest BCUT2D eigenvalue weighted by Crippen LogP contribution is 2.09. The molecule has 1 atom stereocenters. The molecule has 0 aliphatic heterocycles. The molecule has 0 heterocycles. The summed E-state index contributed by atoms with van der Waals surface area (Å²) in [6, 6.07) is 0. The Kier molecular flexibility index (Phi) is 7.54. The average molecular weight is 231 g/mol. The predicted octanol–water partition coefficient (Wildman–Crippen LogP) is 0.982. The Hall–Kier alpha value is -1.10. The molecule has 0 saturated heterocycles. The molecule has 1 amide bonds. The van der Waals surface area contributed by atoms with Gasteiger partial charge in [-0.25, -0.2) is 0 Å². The molecule has 0 radical (unpaired) electrons. The SMILES string of the molecule is CCN(CCOC)C(=O)CC(C)CC(=O)O. The number of aliphatic carboxylic acids is 1. The molecule has 0 aromatic rings. The van der Waals surface area contributed by atoms with Gasteiger partial charge in [-0.05, 0) is 12.8 Å². The lowest BCUT2D eigenvalue weighted by molar-refractivity contribution is -0.138. The van der Waals surface area contributed by atoms with Gasteiger partial charge in [-0.3, -0.25) is 9.59 Å². The highest BCUT2D eigenvalue weighted by molar-refractivity contribution is 5.77. The summed E-state index contributed by atoms with van der Waals surface area (Å²) in [5.74, 6) is -0.991. The van der Waals surface area contributed by atoms with Gasteiger partial charge in [0, 0.05) is 33.0 Å². The number of carbonyl (C=O) groups excluding carboxylic acids is 1.